The minimum atomic E-state index is -3.94. The van der Waals surface area contributed by atoms with Gasteiger partial charge in [0.05, 0.1) is 6.61 Å². The van der Waals surface area contributed by atoms with Gasteiger partial charge in [0.2, 0.25) is 0 Å². The summed E-state index contributed by atoms with van der Waals surface area (Å²) in [5, 5.41) is 8.45. The Hall–Kier alpha value is 0.830. The number of rotatable bonds is 5. The van der Waals surface area contributed by atoms with Gasteiger partial charge >= 0.3 is 29.6 Å². The number of hydrogen-bond acceptors (Lipinski definition) is 4. The van der Waals surface area contributed by atoms with Crippen LogP contribution in [0.4, 0.5) is 0 Å². The van der Waals surface area contributed by atoms with Crippen molar-refractivity contribution in [3.63, 3.8) is 0 Å². The van der Waals surface area contributed by atoms with E-state index in [1.807, 2.05) is 0 Å². The number of aliphatic hydroxyl groups excluding tert-OH is 1. The first-order chi connectivity index (χ1) is 4.99. The molecule has 0 atom stereocenters. The Morgan fingerprint density at radius 3 is 2.17 bits per heavy atom. The summed E-state index contributed by atoms with van der Waals surface area (Å²) < 4.78 is 29.0. The maximum absolute atomic E-state index is 10.3. The summed E-state index contributed by atoms with van der Waals surface area (Å²) in [5.74, 6) is -0.413. The summed E-state index contributed by atoms with van der Waals surface area (Å²) >= 11 is 0. The summed E-state index contributed by atoms with van der Waals surface area (Å²) in [6.45, 7) is 2.39. The van der Waals surface area contributed by atoms with Crippen molar-refractivity contribution < 1.29 is 18.1 Å². The molecule has 7 heteroatoms. The molecule has 0 amide bonds. The van der Waals surface area contributed by atoms with Crippen LogP contribution in [-0.2, 0) is 10.1 Å². The molecule has 0 fully saturated rings. The summed E-state index contributed by atoms with van der Waals surface area (Å²) in [6.07, 6.45) is 0. The quantitative estimate of drug-likeness (QED) is 0.423. The maximum atomic E-state index is 10.3. The summed E-state index contributed by atoms with van der Waals surface area (Å²) in [4.78, 5) is 1.43. The second-order valence-corrected chi connectivity index (χ2v) is 3.57. The monoisotopic (exact) mass is 207 g/mol. The van der Waals surface area contributed by atoms with Crippen molar-refractivity contribution in [1.29, 1.82) is 0 Å². The average molecular weight is 207 g/mol. The molecule has 0 unspecified atom stereocenters. The van der Waals surface area contributed by atoms with Crippen LogP contribution in [0.3, 0.4) is 0 Å². The third kappa shape index (κ3) is 8.92. The van der Waals surface area contributed by atoms with Gasteiger partial charge in [0.25, 0.3) is 10.1 Å². The normalized spacial score (nSPS) is 11.3. The molecule has 2 N–H and O–H groups in total. The van der Waals surface area contributed by atoms with Crippen LogP contribution in [0.15, 0.2) is 0 Å². The van der Waals surface area contributed by atoms with Crippen LogP contribution in [0.25, 0.3) is 0 Å². The van der Waals surface area contributed by atoms with E-state index in [0.29, 0.717) is 6.54 Å². The van der Waals surface area contributed by atoms with Crippen LogP contribution in [0.1, 0.15) is 6.92 Å². The van der Waals surface area contributed by atoms with Gasteiger partial charge < -0.3 is 5.11 Å². The minimum absolute atomic E-state index is 0. The van der Waals surface area contributed by atoms with Crippen LogP contribution in [0, 0.1) is 0 Å². The third-order valence-corrected chi connectivity index (χ3v) is 1.90. The number of nitrogens with zero attached hydrogens (tertiary/aromatic N) is 1. The van der Waals surface area contributed by atoms with Crippen molar-refractivity contribution >= 4 is 39.7 Å². The molecule has 0 aliphatic heterocycles. The van der Waals surface area contributed by atoms with Crippen molar-refractivity contribution in [2.75, 3.05) is 25.6 Å². The van der Waals surface area contributed by atoms with Gasteiger partial charge in [0, 0.05) is 6.54 Å². The van der Waals surface area contributed by atoms with Gasteiger partial charge in [-0.2, -0.15) is 8.42 Å². The van der Waals surface area contributed by atoms with Crippen LogP contribution in [0.5, 0.6) is 0 Å². The van der Waals surface area contributed by atoms with Crippen molar-refractivity contribution in [2.45, 2.75) is 6.92 Å². The molecule has 0 saturated carbocycles. The van der Waals surface area contributed by atoms with Gasteiger partial charge in [-0.25, -0.2) is 0 Å². The van der Waals surface area contributed by atoms with Crippen LogP contribution in [0.2, 0.25) is 0 Å². The van der Waals surface area contributed by atoms with Crippen LogP contribution < -0.4 is 0 Å². The molecule has 0 saturated heterocycles. The topological polar surface area (TPSA) is 77.8 Å². The van der Waals surface area contributed by atoms with Crippen LogP contribution >= 0.6 is 0 Å². The molecule has 0 aliphatic rings. The Morgan fingerprint density at radius 2 is 1.92 bits per heavy atom. The number of likely N-dealkylation sites (N-methyl/N-ethyl adjacent to an activating group) is 1. The van der Waals surface area contributed by atoms with E-state index in [2.05, 4.69) is 0 Å². The second kappa shape index (κ2) is 7.25. The van der Waals surface area contributed by atoms with E-state index in [0.717, 1.165) is 0 Å². The SMILES string of the molecule is CCN(CCO)CS(=O)(=O)O.[NaH]. The Kier molecular flexibility index (Phi) is 9.25. The molecule has 0 aromatic heterocycles. The first-order valence-corrected chi connectivity index (χ1v) is 4.89. The van der Waals surface area contributed by atoms with Crippen molar-refractivity contribution in [3.8, 4) is 0 Å². The number of hydrogen-bond donors (Lipinski definition) is 2. The molecular formula is C5H14NNaO4S. The molecule has 0 bridgehead atoms. The first kappa shape index (κ1) is 15.3. The standard InChI is InChI=1S/C5H13NO4S.Na.H/c1-2-6(3-4-7)5-11(8,9)10;;/h7H,2-5H2,1H3,(H,8,9,10);;. The number of aliphatic hydroxyl groups is 1. The Bertz CT molecular complexity index is 194. The predicted molar refractivity (Wildman–Crippen MR) is 47.9 cm³/mol. The third-order valence-electron chi connectivity index (χ3n) is 1.21. The van der Waals surface area contributed by atoms with Crippen LogP contribution in [-0.4, -0.2) is 78.1 Å². The van der Waals surface area contributed by atoms with E-state index >= 15 is 0 Å². The van der Waals surface area contributed by atoms with E-state index in [1.165, 1.54) is 4.90 Å². The molecule has 5 nitrogen and oxygen atoms in total. The van der Waals surface area contributed by atoms with Gasteiger partial charge in [-0.3, -0.25) is 9.45 Å². The molecule has 0 rings (SSSR count). The van der Waals surface area contributed by atoms with E-state index in [-0.39, 0.29) is 42.7 Å². The molecule has 70 valence electrons. The van der Waals surface area contributed by atoms with Gasteiger partial charge in [-0.1, -0.05) is 6.92 Å². The van der Waals surface area contributed by atoms with Gasteiger partial charge in [0.1, 0.15) is 5.88 Å². The molecule has 0 heterocycles. The first-order valence-electron chi connectivity index (χ1n) is 3.28. The fraction of sp³-hybridized carbons (Fsp3) is 1.00. The predicted octanol–water partition coefficient (Wildman–Crippen LogP) is -1.50. The zero-order valence-electron chi connectivity index (χ0n) is 6.39. The fourth-order valence-corrected chi connectivity index (χ4v) is 1.46. The molecule has 12 heavy (non-hydrogen) atoms. The average Bonchev–Trinajstić information content (AvgIpc) is 1.84. The zero-order chi connectivity index (χ0) is 8.91. The Labute approximate surface area is 94.8 Å². The zero-order valence-corrected chi connectivity index (χ0v) is 7.21. The van der Waals surface area contributed by atoms with Crippen molar-refractivity contribution in [1.82, 2.24) is 4.90 Å². The van der Waals surface area contributed by atoms with Crippen molar-refractivity contribution in [2.24, 2.45) is 0 Å². The molecular weight excluding hydrogens is 193 g/mol. The molecule has 0 aromatic rings. The second-order valence-electron chi connectivity index (χ2n) is 2.15. The molecule has 0 spiro atoms. The summed E-state index contributed by atoms with van der Waals surface area (Å²) in [5.41, 5.74) is 0. The fourth-order valence-electron chi connectivity index (χ4n) is 0.686. The van der Waals surface area contributed by atoms with Gasteiger partial charge in [0.15, 0.2) is 0 Å². The molecule has 0 aliphatic carbocycles. The Balaban J connectivity index is 0. The van der Waals surface area contributed by atoms with E-state index in [4.69, 9.17) is 9.66 Å². The van der Waals surface area contributed by atoms with Gasteiger partial charge in [-0.05, 0) is 6.54 Å². The Morgan fingerprint density at radius 1 is 1.42 bits per heavy atom. The molecule has 0 radical (unpaired) electrons. The summed E-state index contributed by atoms with van der Waals surface area (Å²) in [7, 11) is -3.94. The van der Waals surface area contributed by atoms with Crippen molar-refractivity contribution in [3.05, 3.63) is 0 Å². The van der Waals surface area contributed by atoms with E-state index < -0.39 is 16.0 Å². The summed E-state index contributed by atoms with van der Waals surface area (Å²) in [6, 6.07) is 0. The van der Waals surface area contributed by atoms with Gasteiger partial charge in [-0.15, -0.1) is 0 Å². The van der Waals surface area contributed by atoms with E-state index in [9.17, 15) is 8.42 Å². The van der Waals surface area contributed by atoms with E-state index in [1.54, 1.807) is 6.92 Å². The molecule has 0 aromatic carbocycles.